The number of anilines is 1. The van der Waals surface area contributed by atoms with Crippen molar-refractivity contribution in [2.75, 3.05) is 11.4 Å². The molecule has 0 unspecified atom stereocenters. The Morgan fingerprint density at radius 2 is 1.84 bits per heavy atom. The van der Waals surface area contributed by atoms with Crippen LogP contribution in [0.2, 0.25) is 0 Å². The maximum absolute atomic E-state index is 15.5. The third kappa shape index (κ3) is 2.73. The highest BCUT2D eigenvalue weighted by molar-refractivity contribution is 6.20. The fourth-order valence-electron chi connectivity index (χ4n) is 5.16. The monoisotopic (exact) mass is 443 g/mol. The molecule has 0 aliphatic carbocycles. The molecule has 1 spiro atoms. The van der Waals surface area contributed by atoms with Crippen molar-refractivity contribution >= 4 is 23.5 Å². The van der Waals surface area contributed by atoms with Crippen LogP contribution < -0.4 is 15.5 Å². The number of barbiturate groups is 1. The van der Waals surface area contributed by atoms with Crippen LogP contribution in [-0.4, -0.2) is 52.6 Å². The first kappa shape index (κ1) is 20.4. The third-order valence-electron chi connectivity index (χ3n) is 6.31. The highest BCUT2D eigenvalue weighted by atomic mass is 19.2. The zero-order chi connectivity index (χ0) is 22.8. The maximum atomic E-state index is 15.5. The number of urea groups is 1. The Labute approximate surface area is 181 Å². The molecular formula is C21H19F2N5O4. The molecule has 2 N–H and O–H groups in total. The summed E-state index contributed by atoms with van der Waals surface area (Å²) in [7, 11) is 0. The van der Waals surface area contributed by atoms with Crippen LogP contribution in [0.25, 0.3) is 11.3 Å². The molecule has 3 atom stereocenters. The average molecular weight is 443 g/mol. The molecule has 11 heteroatoms. The van der Waals surface area contributed by atoms with Crippen molar-refractivity contribution in [3.8, 4) is 11.3 Å². The summed E-state index contributed by atoms with van der Waals surface area (Å²) in [4.78, 5) is 47.5. The smallest absolute Gasteiger partial charge is 0.328 e. The predicted octanol–water partition coefficient (Wildman–Crippen LogP) is 1.31. The maximum Gasteiger partial charge on any atom is 0.328 e. The van der Waals surface area contributed by atoms with Gasteiger partial charge in [-0.3, -0.25) is 30.2 Å². The summed E-state index contributed by atoms with van der Waals surface area (Å²) in [5, 5.41) is 4.31. The minimum Gasteiger partial charge on any atom is -0.372 e. The van der Waals surface area contributed by atoms with Crippen molar-refractivity contribution < 1.29 is 27.9 Å². The van der Waals surface area contributed by atoms with Gasteiger partial charge in [-0.2, -0.15) is 0 Å². The molecule has 4 amide bonds. The lowest BCUT2D eigenvalue weighted by atomic mass is 9.66. The number of imide groups is 2. The van der Waals surface area contributed by atoms with Crippen LogP contribution in [0.4, 0.5) is 19.3 Å². The second-order valence-corrected chi connectivity index (χ2v) is 8.28. The normalized spacial score (nSPS) is 26.3. The number of benzene rings is 1. The fourth-order valence-corrected chi connectivity index (χ4v) is 5.16. The Balaban J connectivity index is 1.76. The number of hydrogen-bond donors (Lipinski definition) is 2. The van der Waals surface area contributed by atoms with Gasteiger partial charge in [-0.15, -0.1) is 0 Å². The van der Waals surface area contributed by atoms with E-state index in [2.05, 4.69) is 20.6 Å². The Hall–Kier alpha value is -3.47. The van der Waals surface area contributed by atoms with Gasteiger partial charge in [0.15, 0.2) is 17.0 Å². The largest absolute Gasteiger partial charge is 0.372 e. The first-order chi connectivity index (χ1) is 15.2. The van der Waals surface area contributed by atoms with Gasteiger partial charge < -0.3 is 9.64 Å². The molecule has 1 aromatic heterocycles. The lowest BCUT2D eigenvalue weighted by Gasteiger charge is -2.55. The quantitative estimate of drug-likeness (QED) is 0.639. The van der Waals surface area contributed by atoms with Crippen molar-refractivity contribution in [2.24, 2.45) is 5.41 Å². The fraction of sp³-hybridized carbons (Fsp3) is 0.381. The van der Waals surface area contributed by atoms with Crippen LogP contribution in [0.3, 0.4) is 0 Å². The van der Waals surface area contributed by atoms with Gasteiger partial charge in [0.05, 0.1) is 35.8 Å². The van der Waals surface area contributed by atoms with Gasteiger partial charge in [0.2, 0.25) is 11.8 Å². The third-order valence-corrected chi connectivity index (χ3v) is 6.31. The second-order valence-electron chi connectivity index (χ2n) is 8.28. The highest BCUT2D eigenvalue weighted by Crippen LogP contribution is 2.49. The predicted molar refractivity (Wildman–Crippen MR) is 106 cm³/mol. The summed E-state index contributed by atoms with van der Waals surface area (Å²) in [5.41, 5.74) is -1.57. The van der Waals surface area contributed by atoms with Gasteiger partial charge in [0, 0.05) is 30.9 Å². The average Bonchev–Trinajstić information content (AvgIpc) is 2.74. The number of morpholine rings is 1. The number of halogens is 2. The molecule has 3 aliphatic heterocycles. The van der Waals surface area contributed by atoms with Gasteiger partial charge >= 0.3 is 6.03 Å². The second kappa shape index (κ2) is 7.02. The Bertz CT molecular complexity index is 1140. The molecule has 4 heterocycles. The molecule has 9 nitrogen and oxygen atoms in total. The highest BCUT2D eigenvalue weighted by Gasteiger charge is 2.63. The SMILES string of the molecule is C[C@@H]1CN2c3c(cc(-c4cnccn4)c(F)c3F)CC3(C(=O)NC(=O)NC3=O)[C@H]2[C@H](C)O1. The van der Waals surface area contributed by atoms with E-state index in [1.807, 2.05) is 0 Å². The Morgan fingerprint density at radius 1 is 1.12 bits per heavy atom. The molecule has 2 saturated heterocycles. The van der Waals surface area contributed by atoms with Gasteiger partial charge in [-0.25, -0.2) is 13.6 Å². The van der Waals surface area contributed by atoms with Crippen LogP contribution in [0, 0.1) is 17.0 Å². The standard InChI is InChI=1S/C21H19F2N5O4/c1-9-8-28-16-11(5-12(14(22)15(16)23)13-7-24-3-4-25-13)6-21(17(28)10(2)32-9)18(29)26-20(31)27-19(21)30/h3-5,7,9-10,17H,6,8H2,1-2H3,(H2,26,27,29,30,31)/t9-,10+,17-/m1/s1. The van der Waals surface area contributed by atoms with E-state index in [-0.39, 0.29) is 41.6 Å². The van der Waals surface area contributed by atoms with Gasteiger partial charge in [-0.05, 0) is 25.5 Å². The Kier molecular flexibility index (Phi) is 4.48. The number of amides is 4. The zero-order valence-corrected chi connectivity index (χ0v) is 17.2. The van der Waals surface area contributed by atoms with E-state index >= 15 is 8.78 Å². The number of aromatic nitrogens is 2. The van der Waals surface area contributed by atoms with Crippen LogP contribution in [0.1, 0.15) is 19.4 Å². The summed E-state index contributed by atoms with van der Waals surface area (Å²) >= 11 is 0. The van der Waals surface area contributed by atoms with Crippen molar-refractivity contribution in [3.63, 3.8) is 0 Å². The number of carbonyl (C=O) groups excluding carboxylic acids is 3. The lowest BCUT2D eigenvalue weighted by Crippen LogP contribution is -2.75. The van der Waals surface area contributed by atoms with E-state index in [1.165, 1.54) is 29.6 Å². The first-order valence-electron chi connectivity index (χ1n) is 10.1. The molecule has 2 fully saturated rings. The van der Waals surface area contributed by atoms with E-state index in [9.17, 15) is 14.4 Å². The summed E-state index contributed by atoms with van der Waals surface area (Å²) < 4.78 is 36.5. The van der Waals surface area contributed by atoms with E-state index in [0.29, 0.717) is 0 Å². The summed E-state index contributed by atoms with van der Waals surface area (Å²) in [6, 6.07) is -0.487. The molecule has 1 aromatic carbocycles. The summed E-state index contributed by atoms with van der Waals surface area (Å²) in [5.74, 6) is -3.80. The molecular weight excluding hydrogens is 424 g/mol. The number of ether oxygens (including phenoxy) is 1. The number of nitrogens with one attached hydrogen (secondary N) is 2. The number of rotatable bonds is 1. The van der Waals surface area contributed by atoms with E-state index < -0.39 is 47.0 Å². The summed E-state index contributed by atoms with van der Waals surface area (Å²) in [6.45, 7) is 3.55. The van der Waals surface area contributed by atoms with E-state index in [4.69, 9.17) is 4.74 Å². The first-order valence-corrected chi connectivity index (χ1v) is 10.1. The minimum absolute atomic E-state index is 0.0229. The topological polar surface area (TPSA) is 114 Å². The molecule has 2 aromatic rings. The van der Waals surface area contributed by atoms with Crippen molar-refractivity contribution in [2.45, 2.75) is 38.5 Å². The number of hydrogen-bond acceptors (Lipinski definition) is 7. The number of nitrogens with zero attached hydrogens (tertiary/aromatic N) is 3. The van der Waals surface area contributed by atoms with Gasteiger partial charge in [-0.1, -0.05) is 0 Å². The van der Waals surface area contributed by atoms with Crippen LogP contribution in [0.15, 0.2) is 24.7 Å². The molecule has 3 aliphatic rings. The van der Waals surface area contributed by atoms with Crippen LogP contribution in [-0.2, 0) is 20.7 Å². The van der Waals surface area contributed by atoms with Gasteiger partial charge in [0.1, 0.15) is 0 Å². The van der Waals surface area contributed by atoms with E-state index in [1.54, 1.807) is 13.8 Å². The van der Waals surface area contributed by atoms with E-state index in [0.717, 1.165) is 0 Å². The molecule has 32 heavy (non-hydrogen) atoms. The zero-order valence-electron chi connectivity index (χ0n) is 17.2. The van der Waals surface area contributed by atoms with Crippen molar-refractivity contribution in [1.82, 2.24) is 20.6 Å². The van der Waals surface area contributed by atoms with Gasteiger partial charge in [0.25, 0.3) is 0 Å². The number of carbonyl (C=O) groups is 3. The van der Waals surface area contributed by atoms with Crippen LogP contribution in [0.5, 0.6) is 0 Å². The molecule has 166 valence electrons. The Morgan fingerprint density at radius 3 is 2.50 bits per heavy atom. The molecule has 0 radical (unpaired) electrons. The molecule has 5 rings (SSSR count). The molecule has 0 bridgehead atoms. The summed E-state index contributed by atoms with van der Waals surface area (Å²) in [6.07, 6.45) is 2.74. The lowest BCUT2D eigenvalue weighted by molar-refractivity contribution is -0.153. The van der Waals surface area contributed by atoms with Crippen molar-refractivity contribution in [3.05, 3.63) is 41.9 Å². The minimum atomic E-state index is -1.77. The number of fused-ring (bicyclic) bond motifs is 4. The van der Waals surface area contributed by atoms with Crippen LogP contribution >= 0.6 is 0 Å². The van der Waals surface area contributed by atoms with Crippen molar-refractivity contribution in [1.29, 1.82) is 0 Å². The molecule has 0 saturated carbocycles.